The predicted molar refractivity (Wildman–Crippen MR) is 51.6 cm³/mol. The first-order valence-electron chi connectivity index (χ1n) is 4.56. The maximum Gasteiger partial charge on any atom is 0.153 e. The van der Waals surface area contributed by atoms with Gasteiger partial charge in [-0.15, -0.1) is 0 Å². The van der Waals surface area contributed by atoms with Gasteiger partial charge in [-0.3, -0.25) is 4.90 Å². The van der Waals surface area contributed by atoms with Crippen LogP contribution in [0, 0.1) is 0 Å². The monoisotopic (exact) mass is 221 g/mol. The van der Waals surface area contributed by atoms with Crippen LogP contribution in [0.15, 0.2) is 0 Å². The van der Waals surface area contributed by atoms with Crippen LogP contribution in [0.1, 0.15) is 19.3 Å². The van der Waals surface area contributed by atoms with E-state index in [0.717, 1.165) is 0 Å². The molecule has 0 aromatic rings. The van der Waals surface area contributed by atoms with E-state index < -0.39 is 16.3 Å². The van der Waals surface area contributed by atoms with E-state index in [9.17, 15) is 18.3 Å². The molecule has 0 aliphatic carbocycles. The molecule has 1 aliphatic rings. The summed E-state index contributed by atoms with van der Waals surface area (Å²) in [7, 11) is -2.39. The summed E-state index contributed by atoms with van der Waals surface area (Å²) in [4.78, 5) is 12.0. The van der Waals surface area contributed by atoms with Crippen LogP contribution >= 0.6 is 0 Å². The predicted octanol–water partition coefficient (Wildman–Crippen LogP) is -1.03. The molecule has 1 N–H and O–H groups in total. The van der Waals surface area contributed by atoms with Crippen molar-refractivity contribution < 1.29 is 18.3 Å². The van der Waals surface area contributed by atoms with Crippen LogP contribution in [0.4, 0.5) is 0 Å². The SMILES string of the molecule is O=CCC1(O)CCN(C[SH](=O)=O)CC1. The molecule has 14 heavy (non-hydrogen) atoms. The molecule has 82 valence electrons. The maximum atomic E-state index is 10.4. The summed E-state index contributed by atoms with van der Waals surface area (Å²) in [6, 6.07) is 0. The molecule has 1 heterocycles. The first-order valence-corrected chi connectivity index (χ1v) is 5.92. The Labute approximate surface area is 84.7 Å². The highest BCUT2D eigenvalue weighted by Crippen LogP contribution is 2.24. The molecule has 0 bridgehead atoms. The molecule has 0 aromatic carbocycles. The van der Waals surface area contributed by atoms with E-state index in [1.807, 2.05) is 0 Å². The van der Waals surface area contributed by atoms with Gasteiger partial charge in [-0.1, -0.05) is 0 Å². The number of nitrogens with zero attached hydrogens (tertiary/aromatic N) is 1. The van der Waals surface area contributed by atoms with Crippen LogP contribution in [0.2, 0.25) is 0 Å². The number of carbonyl (C=O) groups is 1. The minimum Gasteiger partial charge on any atom is -0.389 e. The lowest BCUT2D eigenvalue weighted by molar-refractivity contribution is -0.114. The summed E-state index contributed by atoms with van der Waals surface area (Å²) < 4.78 is 20.9. The third-order valence-corrected chi connectivity index (χ3v) is 3.20. The van der Waals surface area contributed by atoms with Gasteiger partial charge in [0.1, 0.15) is 6.29 Å². The molecule has 1 fully saturated rings. The third kappa shape index (κ3) is 3.36. The molecule has 0 spiro atoms. The Morgan fingerprint density at radius 1 is 1.36 bits per heavy atom. The van der Waals surface area contributed by atoms with Crippen LogP contribution in [0.5, 0.6) is 0 Å². The van der Waals surface area contributed by atoms with Crippen molar-refractivity contribution in [2.24, 2.45) is 0 Å². The van der Waals surface area contributed by atoms with Crippen molar-refractivity contribution >= 4 is 17.0 Å². The minimum atomic E-state index is -2.39. The van der Waals surface area contributed by atoms with Gasteiger partial charge in [-0.2, -0.15) is 0 Å². The Morgan fingerprint density at radius 2 is 1.93 bits per heavy atom. The summed E-state index contributed by atoms with van der Waals surface area (Å²) in [5, 5.41) is 9.81. The second-order valence-corrected chi connectivity index (χ2v) is 4.64. The topological polar surface area (TPSA) is 74.7 Å². The summed E-state index contributed by atoms with van der Waals surface area (Å²) in [5.74, 6) is 0.0481. The van der Waals surface area contributed by atoms with Crippen molar-refractivity contribution in [3.8, 4) is 0 Å². The summed E-state index contributed by atoms with van der Waals surface area (Å²) >= 11 is 0. The standard InChI is InChI=1S/C8H15NO4S/c10-6-3-8(11)1-4-9(5-2-8)7-14(12)13/h6,11,14H,1-5,7H2. The summed E-state index contributed by atoms with van der Waals surface area (Å²) in [5.41, 5.74) is -0.910. The zero-order chi connectivity index (χ0) is 10.6. The van der Waals surface area contributed by atoms with E-state index in [0.29, 0.717) is 32.2 Å². The Kier molecular flexibility index (Phi) is 4.03. The Bertz CT molecular complexity index is 261. The highest BCUT2D eigenvalue weighted by Gasteiger charge is 2.31. The van der Waals surface area contributed by atoms with Crippen LogP contribution in [0.3, 0.4) is 0 Å². The lowest BCUT2D eigenvalue weighted by atomic mass is 9.89. The zero-order valence-corrected chi connectivity index (χ0v) is 8.78. The highest BCUT2D eigenvalue weighted by molar-refractivity contribution is 7.72. The van der Waals surface area contributed by atoms with Crippen molar-refractivity contribution in [2.75, 3.05) is 19.0 Å². The zero-order valence-electron chi connectivity index (χ0n) is 7.89. The fourth-order valence-electron chi connectivity index (χ4n) is 1.63. The molecule has 0 aromatic heterocycles. The lowest BCUT2D eigenvalue weighted by Gasteiger charge is -2.36. The highest BCUT2D eigenvalue weighted by atomic mass is 32.2. The van der Waals surface area contributed by atoms with E-state index >= 15 is 0 Å². The van der Waals surface area contributed by atoms with Gasteiger partial charge >= 0.3 is 0 Å². The molecule has 6 heteroatoms. The van der Waals surface area contributed by atoms with Gasteiger partial charge < -0.3 is 9.90 Å². The van der Waals surface area contributed by atoms with Gasteiger partial charge in [-0.25, -0.2) is 8.42 Å². The van der Waals surface area contributed by atoms with Crippen molar-refractivity contribution in [3.05, 3.63) is 0 Å². The second kappa shape index (κ2) is 4.86. The fraction of sp³-hybridized carbons (Fsp3) is 0.875. The number of carbonyl (C=O) groups excluding carboxylic acids is 1. The van der Waals surface area contributed by atoms with Crippen LogP contribution in [0.25, 0.3) is 0 Å². The van der Waals surface area contributed by atoms with Gasteiger partial charge in [-0.05, 0) is 12.8 Å². The molecule has 1 rings (SSSR count). The number of hydrogen-bond acceptors (Lipinski definition) is 5. The molecule has 1 saturated heterocycles. The van der Waals surface area contributed by atoms with Gasteiger partial charge in [0, 0.05) is 19.5 Å². The minimum absolute atomic E-state index is 0.0481. The average molecular weight is 221 g/mol. The molecule has 0 saturated carbocycles. The van der Waals surface area contributed by atoms with Gasteiger partial charge in [0.25, 0.3) is 0 Å². The molecule has 0 atom stereocenters. The number of thiol groups is 1. The van der Waals surface area contributed by atoms with Crippen LogP contribution in [-0.4, -0.2) is 49.3 Å². The van der Waals surface area contributed by atoms with E-state index in [1.165, 1.54) is 0 Å². The van der Waals surface area contributed by atoms with Crippen LogP contribution in [-0.2, 0) is 15.5 Å². The van der Waals surface area contributed by atoms with E-state index in [4.69, 9.17) is 0 Å². The van der Waals surface area contributed by atoms with Gasteiger partial charge in [0.05, 0.1) is 11.5 Å². The van der Waals surface area contributed by atoms with Crippen LogP contribution < -0.4 is 0 Å². The molecular formula is C8H15NO4S. The summed E-state index contributed by atoms with van der Waals surface area (Å²) in [6.07, 6.45) is 1.79. The molecular weight excluding hydrogens is 206 g/mol. The number of piperidine rings is 1. The van der Waals surface area contributed by atoms with Gasteiger partial charge in [0.2, 0.25) is 0 Å². The largest absolute Gasteiger partial charge is 0.389 e. The number of likely N-dealkylation sites (tertiary alicyclic amines) is 1. The first kappa shape index (κ1) is 11.6. The van der Waals surface area contributed by atoms with E-state index in [2.05, 4.69) is 0 Å². The first-order chi connectivity index (χ1) is 6.56. The van der Waals surface area contributed by atoms with Crippen molar-refractivity contribution in [1.82, 2.24) is 4.90 Å². The molecule has 0 radical (unpaired) electrons. The van der Waals surface area contributed by atoms with Crippen molar-refractivity contribution in [3.63, 3.8) is 0 Å². The molecule has 5 nitrogen and oxygen atoms in total. The van der Waals surface area contributed by atoms with E-state index in [1.54, 1.807) is 4.90 Å². The number of aldehydes is 1. The fourth-order valence-corrected chi connectivity index (χ4v) is 2.24. The normalized spacial score (nSPS) is 22.4. The average Bonchev–Trinajstić information content (AvgIpc) is 2.09. The number of rotatable bonds is 4. The molecule has 0 amide bonds. The third-order valence-electron chi connectivity index (χ3n) is 2.57. The maximum absolute atomic E-state index is 10.4. The van der Waals surface area contributed by atoms with Gasteiger partial charge in [0.15, 0.2) is 10.7 Å². The Morgan fingerprint density at radius 3 is 2.36 bits per heavy atom. The second-order valence-electron chi connectivity index (χ2n) is 3.69. The van der Waals surface area contributed by atoms with Crippen molar-refractivity contribution in [2.45, 2.75) is 24.9 Å². The number of hydrogen-bond donors (Lipinski definition) is 2. The number of aliphatic hydroxyl groups is 1. The smallest absolute Gasteiger partial charge is 0.153 e. The Balaban J connectivity index is 2.40. The Hall–Kier alpha value is -0.460. The molecule has 0 unspecified atom stereocenters. The van der Waals surface area contributed by atoms with E-state index in [-0.39, 0.29) is 12.3 Å². The quantitative estimate of drug-likeness (QED) is 0.469. The lowest BCUT2D eigenvalue weighted by Crippen LogP contribution is -2.45. The van der Waals surface area contributed by atoms with Crippen molar-refractivity contribution in [1.29, 1.82) is 0 Å². The molecule has 1 aliphatic heterocycles. The summed E-state index contributed by atoms with van der Waals surface area (Å²) in [6.45, 7) is 1.07.